The second-order valence-electron chi connectivity index (χ2n) is 5.15. The minimum atomic E-state index is -4.24. The SMILES string of the molecule is CN1CCNC(CCc2ccc(C(F)(F)F)cc2)C1. The van der Waals surface area contributed by atoms with Gasteiger partial charge in [0.15, 0.2) is 0 Å². The Morgan fingerprint density at radius 2 is 1.95 bits per heavy atom. The molecule has 1 N–H and O–H groups in total. The molecule has 0 bridgehead atoms. The van der Waals surface area contributed by atoms with Gasteiger partial charge in [-0.2, -0.15) is 13.2 Å². The summed E-state index contributed by atoms with van der Waals surface area (Å²) in [4.78, 5) is 2.27. The van der Waals surface area contributed by atoms with Gasteiger partial charge in [0.05, 0.1) is 5.56 Å². The van der Waals surface area contributed by atoms with Gasteiger partial charge in [0.1, 0.15) is 0 Å². The molecule has 0 aromatic heterocycles. The van der Waals surface area contributed by atoms with Crippen LogP contribution >= 0.6 is 0 Å². The molecular formula is C14H19F3N2. The minimum absolute atomic E-state index is 0.432. The van der Waals surface area contributed by atoms with E-state index in [0.717, 1.165) is 50.2 Å². The van der Waals surface area contributed by atoms with Crippen LogP contribution in [0.2, 0.25) is 0 Å². The third-order valence-corrected chi connectivity index (χ3v) is 3.52. The summed E-state index contributed by atoms with van der Waals surface area (Å²) < 4.78 is 37.3. The summed E-state index contributed by atoms with van der Waals surface area (Å²) in [5.41, 5.74) is 0.384. The molecule has 2 rings (SSSR count). The van der Waals surface area contributed by atoms with Crippen LogP contribution in [-0.2, 0) is 12.6 Å². The number of hydrogen-bond donors (Lipinski definition) is 1. The lowest BCUT2D eigenvalue weighted by atomic mass is 10.0. The Kier molecular flexibility index (Phi) is 4.47. The maximum Gasteiger partial charge on any atom is 0.416 e. The van der Waals surface area contributed by atoms with Gasteiger partial charge in [0.2, 0.25) is 0 Å². The first-order valence-electron chi connectivity index (χ1n) is 6.53. The molecule has 1 aromatic rings. The second-order valence-corrected chi connectivity index (χ2v) is 5.15. The Morgan fingerprint density at radius 3 is 2.53 bits per heavy atom. The highest BCUT2D eigenvalue weighted by Gasteiger charge is 2.29. The molecule has 0 aliphatic carbocycles. The molecule has 2 nitrogen and oxygen atoms in total. The lowest BCUT2D eigenvalue weighted by Gasteiger charge is -2.30. The van der Waals surface area contributed by atoms with Gasteiger partial charge in [-0.3, -0.25) is 0 Å². The first-order chi connectivity index (χ1) is 8.95. The number of benzene rings is 1. The van der Waals surface area contributed by atoms with Crippen LogP contribution in [0.15, 0.2) is 24.3 Å². The van der Waals surface area contributed by atoms with Crippen molar-refractivity contribution in [1.82, 2.24) is 10.2 Å². The number of rotatable bonds is 3. The smallest absolute Gasteiger partial charge is 0.311 e. The molecule has 5 heteroatoms. The standard InChI is InChI=1S/C14H19F3N2/c1-19-9-8-18-13(10-19)7-4-11-2-5-12(6-3-11)14(15,16)17/h2-3,5-6,13,18H,4,7-10H2,1H3. The largest absolute Gasteiger partial charge is 0.416 e. The van der Waals surface area contributed by atoms with Gasteiger partial charge in [0.25, 0.3) is 0 Å². The van der Waals surface area contributed by atoms with E-state index in [2.05, 4.69) is 17.3 Å². The van der Waals surface area contributed by atoms with Crippen molar-refractivity contribution in [3.8, 4) is 0 Å². The average Bonchev–Trinajstić information content (AvgIpc) is 2.36. The molecule has 1 unspecified atom stereocenters. The van der Waals surface area contributed by atoms with Gasteiger partial charge in [-0.05, 0) is 37.6 Å². The van der Waals surface area contributed by atoms with Gasteiger partial charge in [-0.25, -0.2) is 0 Å². The second kappa shape index (κ2) is 5.92. The van der Waals surface area contributed by atoms with Gasteiger partial charge >= 0.3 is 6.18 Å². The lowest BCUT2D eigenvalue weighted by Crippen LogP contribution is -2.49. The van der Waals surface area contributed by atoms with Crippen LogP contribution in [0.4, 0.5) is 13.2 Å². The van der Waals surface area contributed by atoms with Crippen LogP contribution in [-0.4, -0.2) is 37.6 Å². The summed E-state index contributed by atoms with van der Waals surface area (Å²) >= 11 is 0. The number of piperazine rings is 1. The summed E-state index contributed by atoms with van der Waals surface area (Å²) in [6, 6.07) is 5.91. The molecule has 0 saturated carbocycles. The molecule has 0 spiro atoms. The molecule has 1 heterocycles. The molecule has 1 aromatic carbocycles. The molecule has 1 aliphatic rings. The summed E-state index contributed by atoms with van der Waals surface area (Å²) in [6.07, 6.45) is -2.48. The van der Waals surface area contributed by atoms with E-state index < -0.39 is 11.7 Å². The van der Waals surface area contributed by atoms with Crippen molar-refractivity contribution in [1.29, 1.82) is 0 Å². The quantitative estimate of drug-likeness (QED) is 0.909. The van der Waals surface area contributed by atoms with Gasteiger partial charge in [-0.15, -0.1) is 0 Å². The maximum atomic E-state index is 12.4. The number of nitrogens with zero attached hydrogens (tertiary/aromatic N) is 1. The van der Waals surface area contributed by atoms with E-state index in [4.69, 9.17) is 0 Å². The average molecular weight is 272 g/mol. The van der Waals surface area contributed by atoms with E-state index in [1.54, 1.807) is 12.1 Å². The predicted octanol–water partition coefficient (Wildman–Crippen LogP) is 2.54. The molecule has 1 fully saturated rings. The van der Waals surface area contributed by atoms with Crippen LogP contribution in [0, 0.1) is 0 Å². The highest BCUT2D eigenvalue weighted by atomic mass is 19.4. The number of alkyl halides is 3. The van der Waals surface area contributed by atoms with E-state index in [0.29, 0.717) is 6.04 Å². The van der Waals surface area contributed by atoms with Crippen LogP contribution in [0.5, 0.6) is 0 Å². The molecule has 0 amide bonds. The van der Waals surface area contributed by atoms with Crippen molar-refractivity contribution in [3.63, 3.8) is 0 Å². The fourth-order valence-electron chi connectivity index (χ4n) is 2.39. The fourth-order valence-corrected chi connectivity index (χ4v) is 2.39. The molecule has 1 saturated heterocycles. The van der Waals surface area contributed by atoms with Crippen LogP contribution < -0.4 is 5.32 Å². The topological polar surface area (TPSA) is 15.3 Å². The zero-order valence-corrected chi connectivity index (χ0v) is 11.0. The summed E-state index contributed by atoms with van der Waals surface area (Å²) in [5, 5.41) is 3.43. The third-order valence-electron chi connectivity index (χ3n) is 3.52. The van der Waals surface area contributed by atoms with Crippen molar-refractivity contribution in [2.24, 2.45) is 0 Å². The van der Waals surface area contributed by atoms with Crippen molar-refractivity contribution < 1.29 is 13.2 Å². The van der Waals surface area contributed by atoms with Crippen molar-refractivity contribution in [2.45, 2.75) is 25.1 Å². The lowest BCUT2D eigenvalue weighted by molar-refractivity contribution is -0.137. The Hall–Kier alpha value is -1.07. The van der Waals surface area contributed by atoms with Crippen molar-refractivity contribution >= 4 is 0 Å². The normalized spacial score (nSPS) is 21.6. The Morgan fingerprint density at radius 1 is 1.26 bits per heavy atom. The van der Waals surface area contributed by atoms with Crippen molar-refractivity contribution in [3.05, 3.63) is 35.4 Å². The molecule has 0 radical (unpaired) electrons. The van der Waals surface area contributed by atoms with E-state index in [1.165, 1.54) is 0 Å². The minimum Gasteiger partial charge on any atom is -0.311 e. The van der Waals surface area contributed by atoms with E-state index in [-0.39, 0.29) is 0 Å². The molecule has 1 atom stereocenters. The highest BCUT2D eigenvalue weighted by Crippen LogP contribution is 2.29. The zero-order valence-electron chi connectivity index (χ0n) is 11.0. The van der Waals surface area contributed by atoms with Gasteiger partial charge in [0, 0.05) is 25.7 Å². The third kappa shape index (κ3) is 4.21. The number of halogens is 3. The highest BCUT2D eigenvalue weighted by molar-refractivity contribution is 5.24. The fraction of sp³-hybridized carbons (Fsp3) is 0.571. The summed E-state index contributed by atoms with van der Waals surface area (Å²) in [6.45, 7) is 3.03. The molecular weight excluding hydrogens is 253 g/mol. The monoisotopic (exact) mass is 272 g/mol. The Balaban J connectivity index is 1.86. The summed E-state index contributed by atoms with van der Waals surface area (Å²) in [5.74, 6) is 0. The number of aryl methyl sites for hydroxylation is 1. The number of nitrogens with one attached hydrogen (secondary N) is 1. The first-order valence-corrected chi connectivity index (χ1v) is 6.53. The van der Waals surface area contributed by atoms with Crippen molar-refractivity contribution in [2.75, 3.05) is 26.7 Å². The van der Waals surface area contributed by atoms with Gasteiger partial charge < -0.3 is 10.2 Å². The molecule has 106 valence electrons. The first kappa shape index (κ1) is 14.3. The van der Waals surface area contributed by atoms with E-state index in [1.807, 2.05) is 0 Å². The van der Waals surface area contributed by atoms with E-state index >= 15 is 0 Å². The number of likely N-dealkylation sites (N-methyl/N-ethyl adjacent to an activating group) is 1. The maximum absolute atomic E-state index is 12.4. The molecule has 19 heavy (non-hydrogen) atoms. The van der Waals surface area contributed by atoms with Crippen LogP contribution in [0.25, 0.3) is 0 Å². The van der Waals surface area contributed by atoms with Gasteiger partial charge in [-0.1, -0.05) is 12.1 Å². The Labute approximate surface area is 111 Å². The number of hydrogen-bond acceptors (Lipinski definition) is 2. The molecule has 1 aliphatic heterocycles. The summed E-state index contributed by atoms with van der Waals surface area (Å²) in [7, 11) is 2.09. The van der Waals surface area contributed by atoms with E-state index in [9.17, 15) is 13.2 Å². The Bertz CT molecular complexity index is 400. The predicted molar refractivity (Wildman–Crippen MR) is 69.1 cm³/mol. The zero-order chi connectivity index (χ0) is 13.9. The van der Waals surface area contributed by atoms with Crippen LogP contribution in [0.1, 0.15) is 17.5 Å². The van der Waals surface area contributed by atoms with Crippen LogP contribution in [0.3, 0.4) is 0 Å².